The average molecular weight is 242 g/mol. The van der Waals surface area contributed by atoms with E-state index in [-0.39, 0.29) is 12.5 Å². The first kappa shape index (κ1) is 13.0. The van der Waals surface area contributed by atoms with E-state index in [1.54, 1.807) is 32.0 Å². The largest absolute Gasteiger partial charge is 0.389 e. The summed E-state index contributed by atoms with van der Waals surface area (Å²) >= 11 is 5.80. The van der Waals surface area contributed by atoms with Crippen molar-refractivity contribution in [2.24, 2.45) is 0 Å². The molecule has 0 aromatic heterocycles. The van der Waals surface area contributed by atoms with Crippen molar-refractivity contribution in [2.75, 3.05) is 6.54 Å². The minimum absolute atomic E-state index is 0.198. The lowest BCUT2D eigenvalue weighted by molar-refractivity contribution is 0.0694. The van der Waals surface area contributed by atoms with Crippen molar-refractivity contribution < 1.29 is 9.90 Å². The molecule has 16 heavy (non-hydrogen) atoms. The van der Waals surface area contributed by atoms with E-state index in [2.05, 4.69) is 5.32 Å². The first-order valence-electron chi connectivity index (χ1n) is 5.06. The molecule has 1 aromatic rings. The molecule has 0 radical (unpaired) electrons. The molecule has 0 aliphatic heterocycles. The Balaban J connectivity index is 2.74. The SMILES string of the molecule is Cc1cc(Cl)ccc1C(=O)NCC(C)(C)O. The van der Waals surface area contributed by atoms with Gasteiger partial charge in [0.1, 0.15) is 0 Å². The molecule has 1 rings (SSSR count). The fourth-order valence-corrected chi connectivity index (χ4v) is 1.50. The summed E-state index contributed by atoms with van der Waals surface area (Å²) < 4.78 is 0. The summed E-state index contributed by atoms with van der Waals surface area (Å²) in [5.41, 5.74) is 0.491. The highest BCUT2D eigenvalue weighted by Crippen LogP contribution is 2.15. The summed E-state index contributed by atoms with van der Waals surface area (Å²) in [4.78, 5) is 11.8. The van der Waals surface area contributed by atoms with Crippen LogP contribution in [0, 0.1) is 6.92 Å². The Morgan fingerprint density at radius 2 is 2.12 bits per heavy atom. The van der Waals surface area contributed by atoms with Crippen LogP contribution in [-0.4, -0.2) is 23.2 Å². The lowest BCUT2D eigenvalue weighted by atomic mass is 10.1. The van der Waals surface area contributed by atoms with Crippen molar-refractivity contribution in [2.45, 2.75) is 26.4 Å². The zero-order valence-electron chi connectivity index (χ0n) is 9.67. The third-order valence-corrected chi connectivity index (χ3v) is 2.35. The van der Waals surface area contributed by atoms with E-state index in [1.165, 1.54) is 0 Å². The minimum Gasteiger partial charge on any atom is -0.389 e. The number of benzene rings is 1. The first-order chi connectivity index (χ1) is 7.29. The second-order valence-electron chi connectivity index (χ2n) is 4.45. The quantitative estimate of drug-likeness (QED) is 0.852. The lowest BCUT2D eigenvalue weighted by Gasteiger charge is -2.18. The maximum Gasteiger partial charge on any atom is 0.251 e. The van der Waals surface area contributed by atoms with E-state index >= 15 is 0 Å². The van der Waals surface area contributed by atoms with E-state index in [1.807, 2.05) is 6.92 Å². The number of hydrogen-bond donors (Lipinski definition) is 2. The van der Waals surface area contributed by atoms with Crippen LogP contribution in [0.3, 0.4) is 0 Å². The van der Waals surface area contributed by atoms with Crippen LogP contribution in [0.1, 0.15) is 29.8 Å². The third-order valence-electron chi connectivity index (χ3n) is 2.11. The normalized spacial score (nSPS) is 11.3. The van der Waals surface area contributed by atoms with Crippen LogP contribution in [0.15, 0.2) is 18.2 Å². The van der Waals surface area contributed by atoms with Crippen molar-refractivity contribution in [3.8, 4) is 0 Å². The van der Waals surface area contributed by atoms with Crippen LogP contribution in [0.2, 0.25) is 5.02 Å². The fraction of sp³-hybridized carbons (Fsp3) is 0.417. The van der Waals surface area contributed by atoms with Gasteiger partial charge >= 0.3 is 0 Å². The summed E-state index contributed by atoms with van der Waals surface area (Å²) in [6, 6.07) is 5.09. The second kappa shape index (κ2) is 4.85. The molecule has 0 unspecified atom stereocenters. The Kier molecular flexibility index (Phi) is 3.94. The van der Waals surface area contributed by atoms with Gasteiger partial charge in [0.2, 0.25) is 0 Å². The Morgan fingerprint density at radius 3 is 2.62 bits per heavy atom. The molecular formula is C12H16ClNO2. The molecule has 88 valence electrons. The number of halogens is 1. The van der Waals surface area contributed by atoms with Gasteiger partial charge in [0, 0.05) is 17.1 Å². The van der Waals surface area contributed by atoms with Gasteiger partial charge in [-0.2, -0.15) is 0 Å². The highest BCUT2D eigenvalue weighted by Gasteiger charge is 2.15. The molecule has 1 aromatic carbocycles. The van der Waals surface area contributed by atoms with Crippen LogP contribution < -0.4 is 5.32 Å². The standard InChI is InChI=1S/C12H16ClNO2/c1-8-6-9(13)4-5-10(8)11(15)14-7-12(2,3)16/h4-6,16H,7H2,1-3H3,(H,14,15). The predicted octanol–water partition coefficient (Wildman–Crippen LogP) is 2.15. The van der Waals surface area contributed by atoms with Gasteiger partial charge < -0.3 is 10.4 Å². The molecular weight excluding hydrogens is 226 g/mol. The van der Waals surface area contributed by atoms with E-state index in [0.717, 1.165) is 5.56 Å². The van der Waals surface area contributed by atoms with Crippen molar-refractivity contribution in [1.29, 1.82) is 0 Å². The monoisotopic (exact) mass is 241 g/mol. The van der Waals surface area contributed by atoms with Gasteiger partial charge in [-0.15, -0.1) is 0 Å². The summed E-state index contributed by atoms with van der Waals surface area (Å²) in [7, 11) is 0. The highest BCUT2D eigenvalue weighted by molar-refractivity contribution is 6.30. The lowest BCUT2D eigenvalue weighted by Crippen LogP contribution is -2.38. The minimum atomic E-state index is -0.907. The molecule has 0 saturated carbocycles. The van der Waals surface area contributed by atoms with Gasteiger partial charge in [-0.3, -0.25) is 4.79 Å². The Labute approximate surface area is 100 Å². The van der Waals surface area contributed by atoms with Gasteiger partial charge in [0.25, 0.3) is 5.91 Å². The zero-order chi connectivity index (χ0) is 12.3. The molecule has 3 nitrogen and oxygen atoms in total. The van der Waals surface area contributed by atoms with Crippen LogP contribution >= 0.6 is 11.6 Å². The number of carbonyl (C=O) groups is 1. The maximum atomic E-state index is 11.8. The molecule has 1 amide bonds. The number of nitrogens with one attached hydrogen (secondary N) is 1. The van der Waals surface area contributed by atoms with Gasteiger partial charge in [0.15, 0.2) is 0 Å². The number of amides is 1. The number of carbonyl (C=O) groups excluding carboxylic acids is 1. The number of aliphatic hydroxyl groups is 1. The molecule has 0 aliphatic rings. The van der Waals surface area contributed by atoms with Crippen molar-refractivity contribution in [1.82, 2.24) is 5.32 Å². The van der Waals surface area contributed by atoms with E-state index in [9.17, 15) is 9.90 Å². The molecule has 0 atom stereocenters. The van der Waals surface area contributed by atoms with Gasteiger partial charge in [0.05, 0.1) is 5.60 Å². The van der Waals surface area contributed by atoms with Crippen LogP contribution in [-0.2, 0) is 0 Å². The predicted molar refractivity (Wildman–Crippen MR) is 64.8 cm³/mol. The molecule has 0 bridgehead atoms. The van der Waals surface area contributed by atoms with Crippen LogP contribution in [0.4, 0.5) is 0 Å². The Bertz CT molecular complexity index is 396. The molecule has 0 spiro atoms. The Hall–Kier alpha value is -1.06. The van der Waals surface area contributed by atoms with E-state index < -0.39 is 5.60 Å². The molecule has 4 heteroatoms. The van der Waals surface area contributed by atoms with Crippen molar-refractivity contribution in [3.05, 3.63) is 34.3 Å². The van der Waals surface area contributed by atoms with Crippen LogP contribution in [0.5, 0.6) is 0 Å². The zero-order valence-corrected chi connectivity index (χ0v) is 10.4. The van der Waals surface area contributed by atoms with Gasteiger partial charge in [-0.25, -0.2) is 0 Å². The second-order valence-corrected chi connectivity index (χ2v) is 4.89. The maximum absolute atomic E-state index is 11.8. The van der Waals surface area contributed by atoms with Crippen molar-refractivity contribution in [3.63, 3.8) is 0 Å². The molecule has 0 saturated heterocycles. The van der Waals surface area contributed by atoms with Crippen molar-refractivity contribution >= 4 is 17.5 Å². The molecule has 0 fully saturated rings. The number of hydrogen-bond acceptors (Lipinski definition) is 2. The van der Waals surface area contributed by atoms with E-state index in [0.29, 0.717) is 10.6 Å². The molecule has 0 heterocycles. The molecule has 2 N–H and O–H groups in total. The summed E-state index contributed by atoms with van der Waals surface area (Å²) in [5, 5.41) is 12.8. The molecule has 0 aliphatic carbocycles. The Morgan fingerprint density at radius 1 is 1.50 bits per heavy atom. The van der Waals surface area contributed by atoms with E-state index in [4.69, 9.17) is 11.6 Å². The first-order valence-corrected chi connectivity index (χ1v) is 5.44. The fourth-order valence-electron chi connectivity index (χ4n) is 1.27. The summed E-state index contributed by atoms with van der Waals surface area (Å²) in [6.07, 6.45) is 0. The third kappa shape index (κ3) is 3.83. The van der Waals surface area contributed by atoms with Gasteiger partial charge in [-0.1, -0.05) is 11.6 Å². The number of rotatable bonds is 3. The number of aryl methyl sites for hydroxylation is 1. The summed E-state index contributed by atoms with van der Waals surface area (Å²) in [5.74, 6) is -0.198. The van der Waals surface area contributed by atoms with Crippen LogP contribution in [0.25, 0.3) is 0 Å². The topological polar surface area (TPSA) is 49.3 Å². The highest BCUT2D eigenvalue weighted by atomic mass is 35.5. The van der Waals surface area contributed by atoms with Gasteiger partial charge in [-0.05, 0) is 44.5 Å². The smallest absolute Gasteiger partial charge is 0.251 e. The summed E-state index contributed by atoms with van der Waals surface area (Å²) in [6.45, 7) is 5.32. The average Bonchev–Trinajstić information content (AvgIpc) is 2.13.